The van der Waals surface area contributed by atoms with Gasteiger partial charge in [-0.15, -0.1) is 0 Å². The van der Waals surface area contributed by atoms with E-state index in [9.17, 15) is 19.2 Å². The molecule has 3 saturated heterocycles. The Morgan fingerprint density at radius 1 is 1.02 bits per heavy atom. The number of rotatable bonds is 9. The van der Waals surface area contributed by atoms with Crippen molar-refractivity contribution in [2.45, 2.75) is 65.1 Å². The molecule has 4 unspecified atom stereocenters. The number of Topliss-reactive ketones (excluding diaryl/α,β-unsaturated/α-hetero) is 1. The number of carbonyl (C=O) groups is 4. The average molecular weight is 570 g/mol. The van der Waals surface area contributed by atoms with Gasteiger partial charge in [-0.2, -0.15) is 0 Å². The van der Waals surface area contributed by atoms with Crippen molar-refractivity contribution >= 4 is 29.2 Å². The summed E-state index contributed by atoms with van der Waals surface area (Å²) >= 11 is 0. The zero-order valence-corrected chi connectivity index (χ0v) is 25.5. The molecule has 4 atom stereocenters. The number of nitrogens with zero attached hydrogens (tertiary/aromatic N) is 4. The lowest BCUT2D eigenvalue weighted by Crippen LogP contribution is -2.49. The van der Waals surface area contributed by atoms with Gasteiger partial charge in [-0.05, 0) is 55.5 Å². The van der Waals surface area contributed by atoms with E-state index in [1.54, 1.807) is 9.80 Å². The molecule has 0 aromatic heterocycles. The Morgan fingerprint density at radius 2 is 1.68 bits per heavy atom. The van der Waals surface area contributed by atoms with Crippen LogP contribution in [-0.4, -0.2) is 116 Å². The monoisotopic (exact) mass is 569 g/mol. The lowest BCUT2D eigenvalue weighted by atomic mass is 9.88. The zero-order valence-electron chi connectivity index (χ0n) is 25.5. The molecule has 3 amide bonds. The van der Waals surface area contributed by atoms with Crippen molar-refractivity contribution in [3.63, 3.8) is 0 Å². The zero-order chi connectivity index (χ0) is 29.9. The van der Waals surface area contributed by atoms with Crippen LogP contribution in [0, 0.1) is 11.3 Å². The highest BCUT2D eigenvalue weighted by molar-refractivity contribution is 5.98. The van der Waals surface area contributed by atoms with Crippen molar-refractivity contribution in [3.05, 3.63) is 29.8 Å². The molecule has 3 aliphatic rings. The Labute approximate surface area is 244 Å². The minimum atomic E-state index is -0.649. The van der Waals surface area contributed by atoms with E-state index >= 15 is 0 Å². The molecular weight excluding hydrogens is 522 g/mol. The van der Waals surface area contributed by atoms with Crippen LogP contribution < -0.4 is 10.2 Å². The van der Waals surface area contributed by atoms with E-state index in [0.29, 0.717) is 37.9 Å². The van der Waals surface area contributed by atoms with Gasteiger partial charge in [0.25, 0.3) is 11.8 Å². The summed E-state index contributed by atoms with van der Waals surface area (Å²) in [6.45, 7) is 12.8. The number of ketones is 1. The first-order valence-electron chi connectivity index (χ1n) is 14.9. The Balaban J connectivity index is 1.23. The topological polar surface area (TPSA) is 102 Å². The molecule has 1 aromatic rings. The van der Waals surface area contributed by atoms with Gasteiger partial charge in [-0.25, -0.2) is 0 Å². The van der Waals surface area contributed by atoms with Crippen LogP contribution in [0.15, 0.2) is 24.3 Å². The molecular formula is C31H47N5O5. The number of carbonyl (C=O) groups excluding carboxylic acids is 4. The van der Waals surface area contributed by atoms with Crippen LogP contribution in [0.2, 0.25) is 0 Å². The van der Waals surface area contributed by atoms with Gasteiger partial charge in [0.15, 0.2) is 5.78 Å². The van der Waals surface area contributed by atoms with Crippen LogP contribution >= 0.6 is 0 Å². The number of benzene rings is 1. The summed E-state index contributed by atoms with van der Waals surface area (Å²) in [5.41, 5.74) is 1.35. The number of likely N-dealkylation sites (N-methyl/N-ethyl adjacent to an activating group) is 1. The lowest BCUT2D eigenvalue weighted by Gasteiger charge is -2.34. The first kappa shape index (κ1) is 31.0. The molecule has 1 N–H and O–H groups in total. The Kier molecular flexibility index (Phi) is 9.74. The SMILES string of the molecule is COC(C(=O)N1CC(=O)C2C1CCN2C(=O)CC(C)CCNC(=O)c1ccc(N2CCN(C)CC2)cc1)C(C)(C)C. The van der Waals surface area contributed by atoms with Crippen molar-refractivity contribution in [2.24, 2.45) is 11.3 Å². The van der Waals surface area contributed by atoms with Gasteiger partial charge in [0.1, 0.15) is 12.1 Å². The maximum Gasteiger partial charge on any atom is 0.252 e. The average Bonchev–Trinajstić information content (AvgIpc) is 3.50. The number of hydrogen-bond acceptors (Lipinski definition) is 7. The Bertz CT molecular complexity index is 1110. The van der Waals surface area contributed by atoms with Crippen molar-refractivity contribution in [3.8, 4) is 0 Å². The number of anilines is 1. The normalized spacial score (nSPS) is 23.0. The van der Waals surface area contributed by atoms with E-state index in [2.05, 4.69) is 22.2 Å². The third-order valence-corrected chi connectivity index (χ3v) is 8.72. The third kappa shape index (κ3) is 7.09. The summed E-state index contributed by atoms with van der Waals surface area (Å²) in [7, 11) is 3.64. The van der Waals surface area contributed by atoms with Crippen LogP contribution in [0.25, 0.3) is 0 Å². The van der Waals surface area contributed by atoms with E-state index in [1.807, 2.05) is 52.0 Å². The number of piperazine rings is 1. The molecule has 0 saturated carbocycles. The molecule has 3 aliphatic heterocycles. The molecule has 3 heterocycles. The van der Waals surface area contributed by atoms with E-state index in [1.165, 1.54) is 7.11 Å². The summed E-state index contributed by atoms with van der Waals surface area (Å²) < 4.78 is 5.50. The first-order chi connectivity index (χ1) is 19.4. The molecule has 3 fully saturated rings. The van der Waals surface area contributed by atoms with Crippen molar-refractivity contribution in [1.82, 2.24) is 20.0 Å². The number of ether oxygens (including phenoxy) is 1. The highest BCUT2D eigenvalue weighted by atomic mass is 16.5. The molecule has 226 valence electrons. The van der Waals surface area contributed by atoms with E-state index in [0.717, 1.165) is 31.9 Å². The Hall–Kier alpha value is -2.98. The third-order valence-electron chi connectivity index (χ3n) is 8.72. The fourth-order valence-electron chi connectivity index (χ4n) is 6.31. The second-order valence-corrected chi connectivity index (χ2v) is 13.0. The maximum atomic E-state index is 13.2. The molecule has 4 rings (SSSR count). The molecule has 41 heavy (non-hydrogen) atoms. The summed E-state index contributed by atoms with van der Waals surface area (Å²) in [6, 6.07) is 6.86. The van der Waals surface area contributed by atoms with Crippen molar-refractivity contribution < 1.29 is 23.9 Å². The fraction of sp³-hybridized carbons (Fsp3) is 0.677. The lowest BCUT2D eigenvalue weighted by molar-refractivity contribution is -0.150. The van der Waals surface area contributed by atoms with Crippen molar-refractivity contribution in [1.29, 1.82) is 0 Å². The van der Waals surface area contributed by atoms with Crippen molar-refractivity contribution in [2.75, 3.05) is 64.9 Å². The molecule has 0 bridgehead atoms. The predicted octanol–water partition coefficient (Wildman–Crippen LogP) is 2.03. The van der Waals surface area contributed by atoms with Gasteiger partial charge in [0.05, 0.1) is 12.6 Å². The summed E-state index contributed by atoms with van der Waals surface area (Å²) in [6.07, 6.45) is 0.886. The summed E-state index contributed by atoms with van der Waals surface area (Å²) in [5, 5.41) is 2.97. The molecule has 10 nitrogen and oxygen atoms in total. The number of hydrogen-bond donors (Lipinski definition) is 1. The van der Waals surface area contributed by atoms with Crippen LogP contribution in [-0.2, 0) is 19.1 Å². The van der Waals surface area contributed by atoms with Crippen LogP contribution in [0.5, 0.6) is 0 Å². The number of nitrogens with one attached hydrogen (secondary N) is 1. The van der Waals surface area contributed by atoms with Gasteiger partial charge >= 0.3 is 0 Å². The standard InChI is InChI=1S/C31H47N5O5/c1-21(11-13-32-29(39)22-7-9-23(10-8-22)34-17-15-33(5)16-18-34)19-26(38)35-14-12-24-27(35)25(37)20-36(24)30(40)28(41-6)31(2,3)4/h7-10,21,24,27-28H,11-20H2,1-6H3,(H,32,39). The van der Waals surface area contributed by atoms with E-state index in [-0.39, 0.29) is 42.0 Å². The summed E-state index contributed by atoms with van der Waals surface area (Å²) in [5.74, 6) is -0.432. The molecule has 1 aromatic carbocycles. The molecule has 0 aliphatic carbocycles. The molecule has 10 heteroatoms. The second-order valence-electron chi connectivity index (χ2n) is 13.0. The van der Waals surface area contributed by atoms with E-state index in [4.69, 9.17) is 4.74 Å². The highest BCUT2D eigenvalue weighted by Gasteiger charge is 2.53. The second kappa shape index (κ2) is 12.9. The van der Waals surface area contributed by atoms with Gasteiger partial charge in [0, 0.05) is 64.0 Å². The van der Waals surface area contributed by atoms with Crippen LogP contribution in [0.1, 0.15) is 57.3 Å². The van der Waals surface area contributed by atoms with Gasteiger partial charge in [-0.1, -0.05) is 27.7 Å². The van der Waals surface area contributed by atoms with E-state index < -0.39 is 17.6 Å². The quantitative estimate of drug-likeness (QED) is 0.486. The van der Waals surface area contributed by atoms with Crippen LogP contribution in [0.4, 0.5) is 5.69 Å². The fourth-order valence-corrected chi connectivity index (χ4v) is 6.31. The summed E-state index contributed by atoms with van der Waals surface area (Å²) in [4.78, 5) is 60.0. The van der Waals surface area contributed by atoms with Gasteiger partial charge in [-0.3, -0.25) is 19.2 Å². The minimum absolute atomic E-state index is 0.0197. The number of amides is 3. The van der Waals surface area contributed by atoms with Gasteiger partial charge < -0.3 is 29.7 Å². The predicted molar refractivity (Wildman–Crippen MR) is 158 cm³/mol. The van der Waals surface area contributed by atoms with Gasteiger partial charge in [0.2, 0.25) is 5.91 Å². The highest BCUT2D eigenvalue weighted by Crippen LogP contribution is 2.33. The minimum Gasteiger partial charge on any atom is -0.371 e. The smallest absolute Gasteiger partial charge is 0.252 e. The Morgan fingerprint density at radius 3 is 2.29 bits per heavy atom. The largest absolute Gasteiger partial charge is 0.371 e. The molecule has 0 radical (unpaired) electrons. The molecule has 0 spiro atoms. The number of fused-ring (bicyclic) bond motifs is 1. The first-order valence-corrected chi connectivity index (χ1v) is 14.9. The maximum absolute atomic E-state index is 13.2. The number of likely N-dealkylation sites (tertiary alicyclic amines) is 2. The van der Waals surface area contributed by atoms with Crippen LogP contribution in [0.3, 0.4) is 0 Å². The number of methoxy groups -OCH3 is 1.